The second kappa shape index (κ2) is 9.12. The molecule has 1 aromatic rings. The highest BCUT2D eigenvalue weighted by Crippen LogP contribution is 2.23. The third-order valence-electron chi connectivity index (χ3n) is 2.81. The zero-order valence-electron chi connectivity index (χ0n) is 10.4. The predicted molar refractivity (Wildman–Crippen MR) is 82.6 cm³/mol. The average Bonchev–Trinajstić information content (AvgIpc) is 2.32. The van der Waals surface area contributed by atoms with Crippen LogP contribution in [0.3, 0.4) is 0 Å². The summed E-state index contributed by atoms with van der Waals surface area (Å²) in [7, 11) is 0. The standard InChI is InChI=1S/C14H21Br2N/c1-2-17-10-6-4-3-5-7-12-11-13(15)8-9-14(12)16/h8-9,11,17H,2-7,10H2,1H3. The first kappa shape index (κ1) is 15.2. The van der Waals surface area contributed by atoms with Gasteiger partial charge in [-0.05, 0) is 56.1 Å². The van der Waals surface area contributed by atoms with E-state index in [9.17, 15) is 0 Å². The zero-order valence-corrected chi connectivity index (χ0v) is 13.6. The van der Waals surface area contributed by atoms with E-state index in [1.54, 1.807) is 0 Å². The maximum atomic E-state index is 3.60. The van der Waals surface area contributed by atoms with E-state index in [1.165, 1.54) is 46.6 Å². The first-order valence-corrected chi connectivity index (χ1v) is 7.97. The average molecular weight is 363 g/mol. The molecule has 0 aliphatic rings. The molecule has 0 saturated carbocycles. The summed E-state index contributed by atoms with van der Waals surface area (Å²) in [5.41, 5.74) is 1.41. The molecule has 0 aliphatic carbocycles. The Bertz CT molecular complexity index is 326. The van der Waals surface area contributed by atoms with E-state index in [0.29, 0.717) is 0 Å². The molecule has 0 heterocycles. The van der Waals surface area contributed by atoms with Gasteiger partial charge >= 0.3 is 0 Å². The van der Waals surface area contributed by atoms with E-state index >= 15 is 0 Å². The number of hydrogen-bond acceptors (Lipinski definition) is 1. The summed E-state index contributed by atoms with van der Waals surface area (Å²) >= 11 is 7.12. The molecule has 0 unspecified atom stereocenters. The summed E-state index contributed by atoms with van der Waals surface area (Å²) in [5, 5.41) is 3.36. The van der Waals surface area contributed by atoms with Crippen LogP contribution in [0, 0.1) is 0 Å². The summed E-state index contributed by atoms with van der Waals surface area (Å²) < 4.78 is 2.40. The van der Waals surface area contributed by atoms with Gasteiger partial charge in [0.05, 0.1) is 0 Å². The van der Waals surface area contributed by atoms with Crippen molar-refractivity contribution in [3.05, 3.63) is 32.7 Å². The van der Waals surface area contributed by atoms with E-state index in [4.69, 9.17) is 0 Å². The minimum absolute atomic E-state index is 1.09. The van der Waals surface area contributed by atoms with Gasteiger partial charge in [0, 0.05) is 8.95 Å². The lowest BCUT2D eigenvalue weighted by molar-refractivity contribution is 0.598. The SMILES string of the molecule is CCNCCCCCCc1cc(Br)ccc1Br. The van der Waals surface area contributed by atoms with Gasteiger partial charge < -0.3 is 5.32 Å². The molecular weight excluding hydrogens is 342 g/mol. The zero-order chi connectivity index (χ0) is 12.5. The third kappa shape index (κ3) is 6.58. The van der Waals surface area contributed by atoms with Gasteiger partial charge in [0.25, 0.3) is 0 Å². The maximum absolute atomic E-state index is 3.60. The van der Waals surface area contributed by atoms with E-state index in [-0.39, 0.29) is 0 Å². The molecule has 1 aromatic carbocycles. The number of nitrogens with one attached hydrogen (secondary N) is 1. The minimum atomic E-state index is 1.09. The van der Waals surface area contributed by atoms with Crippen LogP contribution in [0.15, 0.2) is 27.1 Å². The number of aryl methyl sites for hydroxylation is 1. The fraction of sp³-hybridized carbons (Fsp3) is 0.571. The van der Waals surface area contributed by atoms with Crippen molar-refractivity contribution in [2.75, 3.05) is 13.1 Å². The molecule has 3 heteroatoms. The van der Waals surface area contributed by atoms with Crippen molar-refractivity contribution < 1.29 is 0 Å². The summed E-state index contributed by atoms with van der Waals surface area (Å²) in [6.45, 7) is 4.41. The molecule has 0 aromatic heterocycles. The molecule has 96 valence electrons. The van der Waals surface area contributed by atoms with Crippen molar-refractivity contribution in [3.63, 3.8) is 0 Å². The van der Waals surface area contributed by atoms with Gasteiger partial charge in [0.2, 0.25) is 0 Å². The Balaban J connectivity index is 2.15. The molecule has 0 amide bonds. The van der Waals surface area contributed by atoms with Crippen LogP contribution in [-0.4, -0.2) is 13.1 Å². The first-order chi connectivity index (χ1) is 8.24. The van der Waals surface area contributed by atoms with Crippen molar-refractivity contribution in [1.82, 2.24) is 5.32 Å². The molecule has 0 bridgehead atoms. The number of benzene rings is 1. The highest BCUT2D eigenvalue weighted by Gasteiger charge is 2.00. The highest BCUT2D eigenvalue weighted by atomic mass is 79.9. The second-order valence-corrected chi connectivity index (χ2v) is 6.02. The normalized spacial score (nSPS) is 10.8. The molecule has 0 saturated heterocycles. The van der Waals surface area contributed by atoms with Crippen LogP contribution < -0.4 is 5.32 Å². The van der Waals surface area contributed by atoms with Crippen LogP contribution in [0.5, 0.6) is 0 Å². The summed E-state index contributed by atoms with van der Waals surface area (Å²) in [6, 6.07) is 6.40. The van der Waals surface area contributed by atoms with E-state index in [0.717, 1.165) is 13.1 Å². The van der Waals surface area contributed by atoms with Crippen LogP contribution in [0.4, 0.5) is 0 Å². The first-order valence-electron chi connectivity index (χ1n) is 6.38. The van der Waals surface area contributed by atoms with E-state index in [2.05, 4.69) is 62.3 Å². The lowest BCUT2D eigenvalue weighted by Gasteiger charge is -2.05. The lowest BCUT2D eigenvalue weighted by atomic mass is 10.1. The molecule has 1 rings (SSSR count). The molecular formula is C14H21Br2N. The lowest BCUT2D eigenvalue weighted by Crippen LogP contribution is -2.13. The number of halogens is 2. The van der Waals surface area contributed by atoms with Crippen molar-refractivity contribution in [2.24, 2.45) is 0 Å². The van der Waals surface area contributed by atoms with Crippen LogP contribution in [0.25, 0.3) is 0 Å². The number of hydrogen-bond donors (Lipinski definition) is 1. The molecule has 17 heavy (non-hydrogen) atoms. The van der Waals surface area contributed by atoms with Crippen molar-refractivity contribution in [2.45, 2.75) is 39.0 Å². The quantitative estimate of drug-likeness (QED) is 0.647. The fourth-order valence-electron chi connectivity index (χ4n) is 1.83. The summed E-state index contributed by atoms with van der Waals surface area (Å²) in [4.78, 5) is 0. The van der Waals surface area contributed by atoms with Crippen LogP contribution in [0.2, 0.25) is 0 Å². The Morgan fingerprint density at radius 3 is 2.59 bits per heavy atom. The Kier molecular flexibility index (Phi) is 8.15. The molecule has 0 aliphatic heterocycles. The van der Waals surface area contributed by atoms with Crippen LogP contribution >= 0.6 is 31.9 Å². The predicted octanol–water partition coefficient (Wildman–Crippen LogP) is 4.92. The van der Waals surface area contributed by atoms with E-state index in [1.807, 2.05) is 0 Å². The van der Waals surface area contributed by atoms with Gasteiger partial charge in [-0.15, -0.1) is 0 Å². The molecule has 1 N–H and O–H groups in total. The van der Waals surface area contributed by atoms with Gasteiger partial charge in [-0.25, -0.2) is 0 Å². The molecule has 0 atom stereocenters. The van der Waals surface area contributed by atoms with Gasteiger partial charge in [0.15, 0.2) is 0 Å². The largest absolute Gasteiger partial charge is 0.317 e. The van der Waals surface area contributed by atoms with Gasteiger partial charge in [-0.1, -0.05) is 51.6 Å². The van der Waals surface area contributed by atoms with Crippen LogP contribution in [0.1, 0.15) is 38.2 Å². The number of rotatable bonds is 8. The Hall–Kier alpha value is 0.140. The van der Waals surface area contributed by atoms with Crippen molar-refractivity contribution >= 4 is 31.9 Å². The highest BCUT2D eigenvalue weighted by molar-refractivity contribution is 9.11. The number of unbranched alkanes of at least 4 members (excludes halogenated alkanes) is 3. The second-order valence-electron chi connectivity index (χ2n) is 4.25. The summed E-state index contributed by atoms with van der Waals surface area (Å²) in [5.74, 6) is 0. The molecule has 0 spiro atoms. The van der Waals surface area contributed by atoms with Crippen molar-refractivity contribution in [3.8, 4) is 0 Å². The molecule has 0 radical (unpaired) electrons. The Morgan fingerprint density at radius 1 is 1.06 bits per heavy atom. The minimum Gasteiger partial charge on any atom is -0.317 e. The Morgan fingerprint density at radius 2 is 1.82 bits per heavy atom. The maximum Gasteiger partial charge on any atom is 0.0208 e. The van der Waals surface area contributed by atoms with Gasteiger partial charge in [-0.2, -0.15) is 0 Å². The topological polar surface area (TPSA) is 12.0 Å². The van der Waals surface area contributed by atoms with Crippen LogP contribution in [-0.2, 0) is 6.42 Å². The van der Waals surface area contributed by atoms with Crippen molar-refractivity contribution in [1.29, 1.82) is 0 Å². The van der Waals surface area contributed by atoms with Gasteiger partial charge in [0.1, 0.15) is 0 Å². The smallest absolute Gasteiger partial charge is 0.0208 e. The molecule has 0 fully saturated rings. The van der Waals surface area contributed by atoms with E-state index < -0.39 is 0 Å². The monoisotopic (exact) mass is 361 g/mol. The fourth-order valence-corrected chi connectivity index (χ4v) is 2.68. The Labute approximate surface area is 122 Å². The summed E-state index contributed by atoms with van der Waals surface area (Å²) in [6.07, 6.45) is 6.40. The molecule has 1 nitrogen and oxygen atoms in total. The van der Waals surface area contributed by atoms with Gasteiger partial charge in [-0.3, -0.25) is 0 Å². The third-order valence-corrected chi connectivity index (χ3v) is 4.07.